The van der Waals surface area contributed by atoms with Gasteiger partial charge in [-0.2, -0.15) is 0 Å². The number of ketones is 1. The van der Waals surface area contributed by atoms with Crippen molar-refractivity contribution >= 4 is 22.7 Å². The molecule has 0 bridgehead atoms. The molecule has 2 aromatic rings. The first kappa shape index (κ1) is 15.7. The molecule has 1 aliphatic heterocycles. The van der Waals surface area contributed by atoms with Gasteiger partial charge in [-0.25, -0.2) is 4.79 Å². The number of benzene rings is 1. The van der Waals surface area contributed by atoms with Crippen molar-refractivity contribution in [1.82, 2.24) is 10.3 Å². The Bertz CT molecular complexity index is 949. The number of H-pyrrole nitrogens is 1. The Morgan fingerprint density at radius 3 is 2.88 bits per heavy atom. The average Bonchev–Trinajstić information content (AvgIpc) is 3.07. The van der Waals surface area contributed by atoms with Gasteiger partial charge in [0.05, 0.1) is 12.7 Å². The minimum Gasteiger partial charge on any atom is -0.466 e. The zero-order valence-corrected chi connectivity index (χ0v) is 14.3. The van der Waals surface area contributed by atoms with Crippen LogP contribution < -0.4 is 5.32 Å². The van der Waals surface area contributed by atoms with Crippen LogP contribution in [0.5, 0.6) is 0 Å². The molecule has 2 N–H and O–H groups in total. The molecule has 1 atom stereocenters. The number of methoxy groups -OCH3 is 1. The molecule has 0 unspecified atom stereocenters. The lowest BCUT2D eigenvalue weighted by Gasteiger charge is -2.34. The highest BCUT2D eigenvalue weighted by Crippen LogP contribution is 2.42. The molecule has 5 heteroatoms. The molecule has 0 saturated heterocycles. The van der Waals surface area contributed by atoms with E-state index in [-0.39, 0.29) is 11.7 Å². The summed E-state index contributed by atoms with van der Waals surface area (Å²) in [5, 5.41) is 4.34. The number of hydrogen-bond acceptors (Lipinski definition) is 4. The van der Waals surface area contributed by atoms with Crippen molar-refractivity contribution in [1.29, 1.82) is 0 Å². The molecule has 5 nitrogen and oxygen atoms in total. The Balaban J connectivity index is 1.93. The second-order valence-corrected chi connectivity index (χ2v) is 6.58. The normalized spacial score (nSPS) is 20.6. The van der Waals surface area contributed by atoms with Crippen LogP contribution >= 0.6 is 0 Å². The lowest BCUT2D eigenvalue weighted by Crippen LogP contribution is -2.34. The molecule has 0 saturated carbocycles. The Kier molecular flexibility index (Phi) is 3.71. The van der Waals surface area contributed by atoms with E-state index in [4.69, 9.17) is 4.74 Å². The largest absolute Gasteiger partial charge is 0.466 e. The van der Waals surface area contributed by atoms with Crippen LogP contribution in [0.3, 0.4) is 0 Å². The summed E-state index contributed by atoms with van der Waals surface area (Å²) < 4.78 is 5.02. The van der Waals surface area contributed by atoms with E-state index in [1.54, 1.807) is 0 Å². The zero-order chi connectivity index (χ0) is 17.6. The smallest absolute Gasteiger partial charge is 0.336 e. The van der Waals surface area contributed by atoms with E-state index in [9.17, 15) is 9.59 Å². The van der Waals surface area contributed by atoms with Crippen molar-refractivity contribution in [2.75, 3.05) is 7.11 Å². The Morgan fingerprint density at radius 1 is 1.24 bits per heavy atom. The van der Waals surface area contributed by atoms with Crippen molar-refractivity contribution < 1.29 is 14.3 Å². The highest BCUT2D eigenvalue weighted by atomic mass is 16.5. The maximum Gasteiger partial charge on any atom is 0.336 e. The highest BCUT2D eigenvalue weighted by Gasteiger charge is 2.38. The van der Waals surface area contributed by atoms with Crippen LogP contribution in [-0.4, -0.2) is 23.8 Å². The first-order chi connectivity index (χ1) is 12.1. The topological polar surface area (TPSA) is 71.2 Å². The highest BCUT2D eigenvalue weighted by molar-refractivity contribution is 6.04. The summed E-state index contributed by atoms with van der Waals surface area (Å²) >= 11 is 0. The predicted molar refractivity (Wildman–Crippen MR) is 94.8 cm³/mol. The standard InChI is InChI=1S/C20H20N2O3/c1-11-17(20(24)25-2)18(19-15(22-11)4-3-5-16(19)23)13-6-7-14-12(10-13)8-9-21-14/h6-10,18,21-22H,3-5H2,1-2H3/t18-/m1/s1. The average molecular weight is 336 g/mol. The fourth-order valence-electron chi connectivity index (χ4n) is 3.95. The van der Waals surface area contributed by atoms with Gasteiger partial charge in [0, 0.05) is 41.0 Å². The van der Waals surface area contributed by atoms with Crippen LogP contribution in [0, 0.1) is 0 Å². The van der Waals surface area contributed by atoms with Gasteiger partial charge in [-0.15, -0.1) is 0 Å². The monoisotopic (exact) mass is 336 g/mol. The third kappa shape index (κ3) is 2.47. The number of rotatable bonds is 2. The van der Waals surface area contributed by atoms with E-state index in [0.717, 1.165) is 40.7 Å². The Hall–Kier alpha value is -2.82. The number of nitrogens with one attached hydrogen (secondary N) is 2. The number of Topliss-reactive ketones (excluding diaryl/α,β-unsaturated/α-hetero) is 1. The molecule has 0 radical (unpaired) electrons. The number of aromatic amines is 1. The fourth-order valence-corrected chi connectivity index (χ4v) is 3.95. The second-order valence-electron chi connectivity index (χ2n) is 6.58. The van der Waals surface area contributed by atoms with Gasteiger partial charge >= 0.3 is 5.97 Å². The molecule has 2 aliphatic rings. The van der Waals surface area contributed by atoms with Crippen molar-refractivity contribution in [3.63, 3.8) is 0 Å². The van der Waals surface area contributed by atoms with Gasteiger partial charge in [0.15, 0.2) is 5.78 Å². The summed E-state index contributed by atoms with van der Waals surface area (Å²) in [4.78, 5) is 28.4. The van der Waals surface area contributed by atoms with Crippen LogP contribution in [0.1, 0.15) is 37.7 Å². The molecule has 1 aromatic carbocycles. The fraction of sp³-hybridized carbons (Fsp3) is 0.300. The molecule has 0 fully saturated rings. The molecule has 2 heterocycles. The molecule has 4 rings (SSSR count). The molecule has 128 valence electrons. The summed E-state index contributed by atoms with van der Waals surface area (Å²) in [6.45, 7) is 1.87. The number of carbonyl (C=O) groups excluding carboxylic acids is 2. The number of carbonyl (C=O) groups is 2. The van der Waals surface area contributed by atoms with Gasteiger partial charge < -0.3 is 15.0 Å². The lowest BCUT2D eigenvalue weighted by molar-refractivity contribution is -0.136. The zero-order valence-electron chi connectivity index (χ0n) is 14.3. The summed E-state index contributed by atoms with van der Waals surface area (Å²) in [7, 11) is 1.38. The van der Waals surface area contributed by atoms with Crippen LogP contribution in [0.2, 0.25) is 0 Å². The summed E-state index contributed by atoms with van der Waals surface area (Å²) in [5.74, 6) is -0.660. The maximum absolute atomic E-state index is 12.7. The minimum atomic E-state index is -0.394. The summed E-state index contributed by atoms with van der Waals surface area (Å²) in [6.07, 6.45) is 4.08. The molecule has 25 heavy (non-hydrogen) atoms. The second kappa shape index (κ2) is 5.92. The molecular formula is C20H20N2O3. The first-order valence-corrected chi connectivity index (χ1v) is 8.49. The first-order valence-electron chi connectivity index (χ1n) is 8.49. The number of allylic oxidation sites excluding steroid dienone is 3. The minimum absolute atomic E-state index is 0.113. The lowest BCUT2D eigenvalue weighted by atomic mass is 9.75. The van der Waals surface area contributed by atoms with Gasteiger partial charge in [-0.3, -0.25) is 4.79 Å². The van der Waals surface area contributed by atoms with Gasteiger partial charge in [0.2, 0.25) is 0 Å². The molecule has 0 spiro atoms. The quantitative estimate of drug-likeness (QED) is 0.826. The Morgan fingerprint density at radius 2 is 2.08 bits per heavy atom. The van der Waals surface area contributed by atoms with E-state index < -0.39 is 5.97 Å². The third-order valence-corrected chi connectivity index (χ3v) is 5.09. The van der Waals surface area contributed by atoms with Crippen molar-refractivity contribution in [3.8, 4) is 0 Å². The number of dihydropyridines is 1. The number of esters is 1. The number of aromatic nitrogens is 1. The third-order valence-electron chi connectivity index (χ3n) is 5.09. The van der Waals surface area contributed by atoms with Crippen molar-refractivity contribution in [2.24, 2.45) is 0 Å². The van der Waals surface area contributed by atoms with E-state index in [0.29, 0.717) is 17.6 Å². The maximum atomic E-state index is 12.7. The van der Waals surface area contributed by atoms with E-state index in [1.165, 1.54) is 7.11 Å². The van der Waals surface area contributed by atoms with Gasteiger partial charge in [0.1, 0.15) is 0 Å². The number of ether oxygens (including phenoxy) is 1. The van der Waals surface area contributed by atoms with Crippen molar-refractivity contribution in [3.05, 3.63) is 58.6 Å². The molecule has 0 amide bonds. The number of fused-ring (bicyclic) bond motifs is 1. The van der Waals surface area contributed by atoms with Gasteiger partial charge in [-0.1, -0.05) is 6.07 Å². The van der Waals surface area contributed by atoms with Gasteiger partial charge in [-0.05, 0) is 48.9 Å². The summed E-state index contributed by atoms with van der Waals surface area (Å²) in [5.41, 5.74) is 4.91. The van der Waals surface area contributed by atoms with E-state index in [1.807, 2.05) is 37.4 Å². The molecule has 1 aliphatic carbocycles. The number of hydrogen-bond donors (Lipinski definition) is 2. The van der Waals surface area contributed by atoms with Crippen molar-refractivity contribution in [2.45, 2.75) is 32.1 Å². The van der Waals surface area contributed by atoms with Crippen LogP contribution in [0.4, 0.5) is 0 Å². The SMILES string of the molecule is COC(=O)C1=C(C)NC2=C(C(=O)CCC2)[C@@H]1c1ccc2[nH]ccc2c1. The summed E-state index contributed by atoms with van der Waals surface area (Å²) in [6, 6.07) is 8.01. The van der Waals surface area contributed by atoms with Crippen LogP contribution in [0.25, 0.3) is 10.9 Å². The van der Waals surface area contributed by atoms with E-state index in [2.05, 4.69) is 10.3 Å². The van der Waals surface area contributed by atoms with Crippen LogP contribution in [-0.2, 0) is 14.3 Å². The predicted octanol–water partition coefficient (Wildman–Crippen LogP) is 3.31. The molecular weight excluding hydrogens is 316 g/mol. The Labute approximate surface area is 145 Å². The van der Waals surface area contributed by atoms with Crippen LogP contribution in [0.15, 0.2) is 53.0 Å². The molecule has 1 aromatic heterocycles. The van der Waals surface area contributed by atoms with E-state index >= 15 is 0 Å². The van der Waals surface area contributed by atoms with Gasteiger partial charge in [0.25, 0.3) is 0 Å².